The molecule has 26 heavy (non-hydrogen) atoms. The first-order valence-corrected chi connectivity index (χ1v) is 8.75. The molecule has 2 nitrogen and oxygen atoms in total. The van der Waals surface area contributed by atoms with Crippen molar-refractivity contribution < 1.29 is 13.6 Å². The van der Waals surface area contributed by atoms with Crippen molar-refractivity contribution in [1.82, 2.24) is 4.90 Å². The fourth-order valence-corrected chi connectivity index (χ4v) is 3.14. The smallest absolute Gasteiger partial charge is 0.187 e. The van der Waals surface area contributed by atoms with Gasteiger partial charge in [0.15, 0.2) is 5.78 Å². The summed E-state index contributed by atoms with van der Waals surface area (Å²) in [6, 6.07) is 12.8. The Morgan fingerprint density at radius 1 is 0.885 bits per heavy atom. The van der Waals surface area contributed by atoms with E-state index in [0.29, 0.717) is 35.4 Å². The highest BCUT2D eigenvalue weighted by molar-refractivity contribution is 6.14. The van der Waals surface area contributed by atoms with Gasteiger partial charge in [-0.3, -0.25) is 9.69 Å². The third-order valence-corrected chi connectivity index (χ3v) is 4.38. The summed E-state index contributed by atoms with van der Waals surface area (Å²) < 4.78 is 28.0. The molecule has 4 heteroatoms. The molecule has 0 N–H and O–H groups in total. The summed E-state index contributed by atoms with van der Waals surface area (Å²) in [4.78, 5) is 15.0. The number of carbonyl (C=O) groups is 1. The van der Waals surface area contributed by atoms with Gasteiger partial charge in [-0.05, 0) is 37.3 Å². The summed E-state index contributed by atoms with van der Waals surface area (Å²) in [6.07, 6.45) is 4.15. The number of likely N-dealkylation sites (tertiary alicyclic amines) is 1. The van der Waals surface area contributed by atoms with Gasteiger partial charge in [0.2, 0.25) is 0 Å². The number of ketones is 1. The Labute approximate surface area is 152 Å². The Morgan fingerprint density at radius 2 is 1.35 bits per heavy atom. The van der Waals surface area contributed by atoms with Crippen molar-refractivity contribution in [2.45, 2.75) is 13.3 Å². The molecule has 3 rings (SSSR count). The third-order valence-electron chi connectivity index (χ3n) is 4.38. The van der Waals surface area contributed by atoms with Crippen LogP contribution in [-0.2, 0) is 4.79 Å². The first-order chi connectivity index (χ1) is 12.6. The van der Waals surface area contributed by atoms with Crippen LogP contribution >= 0.6 is 0 Å². The summed E-state index contributed by atoms with van der Waals surface area (Å²) in [5.74, 6) is -0.871. The van der Waals surface area contributed by atoms with Crippen LogP contribution in [0.3, 0.4) is 0 Å². The van der Waals surface area contributed by atoms with Crippen LogP contribution in [0, 0.1) is 11.6 Å². The second kappa shape index (κ2) is 8.19. The number of Topliss-reactive ketones (excluding diaryl/α,β-unsaturated/α-hetero) is 1. The molecule has 0 saturated carbocycles. The fraction of sp³-hybridized carbons (Fsp3) is 0.227. The quantitative estimate of drug-likeness (QED) is 0.741. The largest absolute Gasteiger partial charge is 0.295 e. The first-order valence-electron chi connectivity index (χ1n) is 8.75. The van der Waals surface area contributed by atoms with Crippen molar-refractivity contribution in [2.24, 2.45) is 0 Å². The highest BCUT2D eigenvalue weighted by Crippen LogP contribution is 2.23. The van der Waals surface area contributed by atoms with Crippen molar-refractivity contribution >= 4 is 17.9 Å². The van der Waals surface area contributed by atoms with Gasteiger partial charge in [0.25, 0.3) is 0 Å². The maximum atomic E-state index is 14.0. The van der Waals surface area contributed by atoms with E-state index in [2.05, 4.69) is 11.8 Å². The van der Waals surface area contributed by atoms with E-state index >= 15 is 0 Å². The van der Waals surface area contributed by atoms with Crippen LogP contribution in [0.4, 0.5) is 8.78 Å². The third kappa shape index (κ3) is 4.14. The average Bonchev–Trinajstić information content (AvgIpc) is 2.63. The molecule has 1 aliphatic heterocycles. The molecular formula is C22H21F2NO. The fourth-order valence-electron chi connectivity index (χ4n) is 3.14. The van der Waals surface area contributed by atoms with Crippen molar-refractivity contribution in [3.05, 3.63) is 82.4 Å². The standard InChI is InChI=1S/C22H21F2NO/c1-2-11-25-14-18(12-16-7-3-5-9-20(16)23)22(26)19(15-25)13-17-8-4-6-10-21(17)24/h3-10,12-13H,2,11,14-15H2,1H3/b18-12+,19-13+. The molecule has 1 aliphatic rings. The summed E-state index contributed by atoms with van der Waals surface area (Å²) in [5, 5.41) is 0. The summed E-state index contributed by atoms with van der Waals surface area (Å²) in [6.45, 7) is 3.82. The van der Waals surface area contributed by atoms with E-state index in [-0.39, 0.29) is 17.4 Å². The van der Waals surface area contributed by atoms with Crippen LogP contribution in [-0.4, -0.2) is 30.3 Å². The van der Waals surface area contributed by atoms with Gasteiger partial charge >= 0.3 is 0 Å². The minimum atomic E-state index is -0.361. The Morgan fingerprint density at radius 3 is 1.77 bits per heavy atom. The average molecular weight is 353 g/mol. The van der Waals surface area contributed by atoms with E-state index in [0.717, 1.165) is 13.0 Å². The molecule has 0 spiro atoms. The van der Waals surface area contributed by atoms with Crippen LogP contribution in [0.1, 0.15) is 24.5 Å². The maximum absolute atomic E-state index is 14.0. The second-order valence-electron chi connectivity index (χ2n) is 6.42. The SMILES string of the molecule is CCCN1C/C(=C\c2ccccc2F)C(=O)/C(=C/c2ccccc2F)C1. The molecule has 2 aromatic carbocycles. The molecule has 1 heterocycles. The molecule has 0 aliphatic carbocycles. The molecule has 0 unspecified atom stereocenters. The molecule has 1 saturated heterocycles. The number of benzene rings is 2. The number of hydrogen-bond donors (Lipinski definition) is 0. The van der Waals surface area contributed by atoms with Crippen LogP contribution < -0.4 is 0 Å². The van der Waals surface area contributed by atoms with E-state index in [1.807, 2.05) is 0 Å². The van der Waals surface area contributed by atoms with E-state index in [1.165, 1.54) is 12.1 Å². The predicted octanol–water partition coefficient (Wildman–Crippen LogP) is 4.73. The number of rotatable bonds is 4. The van der Waals surface area contributed by atoms with Gasteiger partial charge in [-0.15, -0.1) is 0 Å². The van der Waals surface area contributed by atoms with Gasteiger partial charge in [-0.2, -0.15) is 0 Å². The normalized spacial score (nSPS) is 18.7. The number of carbonyl (C=O) groups excluding carboxylic acids is 1. The Bertz CT molecular complexity index is 802. The Kier molecular flexibility index (Phi) is 5.74. The van der Waals surface area contributed by atoms with E-state index < -0.39 is 0 Å². The number of hydrogen-bond acceptors (Lipinski definition) is 2. The summed E-state index contributed by atoms with van der Waals surface area (Å²) >= 11 is 0. The topological polar surface area (TPSA) is 20.3 Å². The zero-order valence-corrected chi connectivity index (χ0v) is 14.7. The summed E-state index contributed by atoms with van der Waals surface area (Å²) in [7, 11) is 0. The lowest BCUT2D eigenvalue weighted by Gasteiger charge is -2.29. The van der Waals surface area contributed by atoms with Crippen LogP contribution in [0.25, 0.3) is 12.2 Å². The molecule has 2 aromatic rings. The minimum absolute atomic E-state index is 0.149. The highest BCUT2D eigenvalue weighted by Gasteiger charge is 2.26. The molecule has 0 radical (unpaired) electrons. The Balaban J connectivity index is 1.99. The molecule has 1 fully saturated rings. The number of nitrogens with zero attached hydrogens (tertiary/aromatic N) is 1. The van der Waals surface area contributed by atoms with Gasteiger partial charge in [-0.25, -0.2) is 8.78 Å². The molecule has 134 valence electrons. The number of halogens is 2. The zero-order valence-electron chi connectivity index (χ0n) is 14.7. The van der Waals surface area contributed by atoms with Crippen molar-refractivity contribution in [3.8, 4) is 0 Å². The van der Waals surface area contributed by atoms with Gasteiger partial charge < -0.3 is 0 Å². The second-order valence-corrected chi connectivity index (χ2v) is 6.42. The molecule has 0 amide bonds. The lowest BCUT2D eigenvalue weighted by atomic mass is 9.94. The van der Waals surface area contributed by atoms with E-state index in [9.17, 15) is 13.6 Å². The van der Waals surface area contributed by atoms with Gasteiger partial charge in [0.1, 0.15) is 11.6 Å². The van der Waals surface area contributed by atoms with E-state index in [1.54, 1.807) is 48.6 Å². The van der Waals surface area contributed by atoms with Crippen molar-refractivity contribution in [1.29, 1.82) is 0 Å². The first kappa shape index (κ1) is 18.2. The minimum Gasteiger partial charge on any atom is -0.295 e. The Hall–Kier alpha value is -2.59. The molecule has 0 bridgehead atoms. The predicted molar refractivity (Wildman–Crippen MR) is 100 cm³/mol. The van der Waals surface area contributed by atoms with Crippen LogP contribution in [0.2, 0.25) is 0 Å². The lowest BCUT2D eigenvalue weighted by Crippen LogP contribution is -2.38. The molecule has 0 aromatic heterocycles. The van der Waals surface area contributed by atoms with Gasteiger partial charge in [-0.1, -0.05) is 43.3 Å². The van der Waals surface area contributed by atoms with Crippen molar-refractivity contribution in [3.63, 3.8) is 0 Å². The van der Waals surface area contributed by atoms with Gasteiger partial charge in [0.05, 0.1) is 0 Å². The summed E-state index contributed by atoms with van der Waals surface area (Å²) in [5.41, 5.74) is 1.83. The lowest BCUT2D eigenvalue weighted by molar-refractivity contribution is -0.113. The molecule has 0 atom stereocenters. The number of piperidine rings is 1. The molecular weight excluding hydrogens is 332 g/mol. The monoisotopic (exact) mass is 353 g/mol. The van der Waals surface area contributed by atoms with Crippen molar-refractivity contribution in [2.75, 3.05) is 19.6 Å². The van der Waals surface area contributed by atoms with Crippen LogP contribution in [0.15, 0.2) is 59.7 Å². The highest BCUT2D eigenvalue weighted by atomic mass is 19.1. The zero-order chi connectivity index (χ0) is 18.5. The van der Waals surface area contributed by atoms with Gasteiger partial charge in [0, 0.05) is 35.4 Å². The van der Waals surface area contributed by atoms with Crippen LogP contribution in [0.5, 0.6) is 0 Å². The van der Waals surface area contributed by atoms with E-state index in [4.69, 9.17) is 0 Å². The maximum Gasteiger partial charge on any atom is 0.187 e.